The lowest BCUT2D eigenvalue weighted by molar-refractivity contribution is -0.141. The Hall–Kier alpha value is -2.33. The summed E-state index contributed by atoms with van der Waals surface area (Å²) in [4.78, 5) is 25.1. The van der Waals surface area contributed by atoms with Crippen LogP contribution in [0.2, 0.25) is 5.02 Å². The summed E-state index contributed by atoms with van der Waals surface area (Å²) in [6.45, 7) is 6.52. The molecule has 4 nitrogen and oxygen atoms in total. The van der Waals surface area contributed by atoms with Gasteiger partial charge in [0.15, 0.2) is 0 Å². The molecule has 0 aromatic heterocycles. The molecule has 5 heteroatoms. The lowest BCUT2D eigenvalue weighted by Crippen LogP contribution is -2.47. The molecule has 0 atom stereocenters. The van der Waals surface area contributed by atoms with Gasteiger partial charge < -0.3 is 0 Å². The third kappa shape index (κ3) is 7.01. The Labute approximate surface area is 172 Å². The smallest absolute Gasteiger partial charge is 0.245 e. The van der Waals surface area contributed by atoms with Crippen LogP contribution in [0, 0.1) is 13.8 Å². The maximum absolute atomic E-state index is 12.7. The Morgan fingerprint density at radius 2 is 1.71 bits per heavy atom. The zero-order valence-corrected chi connectivity index (χ0v) is 17.7. The molecule has 0 heterocycles. The van der Waals surface area contributed by atoms with Crippen molar-refractivity contribution in [2.24, 2.45) is 0 Å². The highest BCUT2D eigenvalue weighted by Crippen LogP contribution is 2.17. The number of hydrogen-bond acceptors (Lipinski definition) is 2. The van der Waals surface area contributed by atoms with Crippen LogP contribution >= 0.6 is 11.6 Å². The van der Waals surface area contributed by atoms with Gasteiger partial charge in [-0.3, -0.25) is 20.0 Å². The second-order valence-electron chi connectivity index (χ2n) is 7.18. The van der Waals surface area contributed by atoms with Crippen LogP contribution < -0.4 is 5.43 Å². The Balaban J connectivity index is 1.94. The number of hydrogen-bond donors (Lipinski definition) is 1. The molecule has 0 unspecified atom stereocenters. The number of benzene rings is 2. The zero-order chi connectivity index (χ0) is 20.5. The Bertz CT molecular complexity index is 803. The predicted octanol–water partition coefficient (Wildman–Crippen LogP) is 4.79. The van der Waals surface area contributed by atoms with Gasteiger partial charge in [-0.05, 0) is 49.4 Å². The number of unbranched alkanes of at least 4 members (excludes halogenated alkanes) is 1. The summed E-state index contributed by atoms with van der Waals surface area (Å²) < 4.78 is 0. The van der Waals surface area contributed by atoms with Crippen LogP contribution in [-0.2, 0) is 22.4 Å². The molecule has 0 fully saturated rings. The fraction of sp³-hybridized carbons (Fsp3) is 0.391. The first-order valence-corrected chi connectivity index (χ1v) is 10.2. The molecule has 0 saturated heterocycles. The van der Waals surface area contributed by atoms with Crippen LogP contribution in [0.3, 0.4) is 0 Å². The third-order valence-electron chi connectivity index (χ3n) is 4.64. The molecule has 150 valence electrons. The van der Waals surface area contributed by atoms with Crippen molar-refractivity contribution in [3.63, 3.8) is 0 Å². The molecule has 0 saturated carbocycles. The topological polar surface area (TPSA) is 49.4 Å². The standard InChI is InChI=1S/C23H29ClN2O2/c1-4-5-14-26(23(28)16-20-10-12-21(24)18(3)15-20)25-22(27)13-11-19-8-6-17(2)7-9-19/h6-10,12,15H,4-5,11,13-14,16H2,1-3H3,(H,25,27). The van der Waals surface area contributed by atoms with Gasteiger partial charge in [-0.2, -0.15) is 0 Å². The molecule has 2 amide bonds. The molecule has 0 spiro atoms. The van der Waals surface area contributed by atoms with E-state index in [0.29, 0.717) is 24.4 Å². The van der Waals surface area contributed by atoms with Gasteiger partial charge in [-0.15, -0.1) is 0 Å². The third-order valence-corrected chi connectivity index (χ3v) is 5.06. The highest BCUT2D eigenvalue weighted by molar-refractivity contribution is 6.31. The van der Waals surface area contributed by atoms with E-state index >= 15 is 0 Å². The van der Waals surface area contributed by atoms with Crippen molar-refractivity contribution in [2.45, 2.75) is 52.9 Å². The summed E-state index contributed by atoms with van der Waals surface area (Å²) in [7, 11) is 0. The van der Waals surface area contributed by atoms with E-state index in [-0.39, 0.29) is 18.2 Å². The summed E-state index contributed by atoms with van der Waals surface area (Å²) in [5.74, 6) is -0.254. The average Bonchev–Trinajstić information content (AvgIpc) is 2.67. The monoisotopic (exact) mass is 400 g/mol. The van der Waals surface area contributed by atoms with Crippen molar-refractivity contribution in [3.05, 3.63) is 69.7 Å². The van der Waals surface area contributed by atoms with Crippen molar-refractivity contribution < 1.29 is 9.59 Å². The minimum absolute atomic E-state index is 0.112. The second-order valence-corrected chi connectivity index (χ2v) is 7.59. The normalized spacial score (nSPS) is 10.6. The summed E-state index contributed by atoms with van der Waals surface area (Å²) in [5, 5.41) is 2.15. The molecule has 2 aromatic rings. The van der Waals surface area contributed by atoms with Crippen LogP contribution in [0.1, 0.15) is 48.4 Å². The van der Waals surface area contributed by atoms with Gasteiger partial charge in [-0.1, -0.05) is 66.9 Å². The van der Waals surface area contributed by atoms with Gasteiger partial charge in [-0.25, -0.2) is 0 Å². The van der Waals surface area contributed by atoms with Gasteiger partial charge in [0.25, 0.3) is 0 Å². The number of rotatable bonds is 8. The number of carbonyl (C=O) groups excluding carboxylic acids is 2. The van der Waals surface area contributed by atoms with Gasteiger partial charge in [0.05, 0.1) is 6.42 Å². The lowest BCUT2D eigenvalue weighted by Gasteiger charge is -2.23. The minimum atomic E-state index is -0.141. The average molecular weight is 401 g/mol. The zero-order valence-electron chi connectivity index (χ0n) is 16.9. The van der Waals surface area contributed by atoms with E-state index in [9.17, 15) is 9.59 Å². The van der Waals surface area contributed by atoms with Crippen molar-refractivity contribution in [1.82, 2.24) is 10.4 Å². The number of halogens is 1. The summed E-state index contributed by atoms with van der Waals surface area (Å²) in [6, 6.07) is 13.7. The van der Waals surface area contributed by atoms with Gasteiger partial charge in [0, 0.05) is 18.0 Å². The van der Waals surface area contributed by atoms with E-state index in [4.69, 9.17) is 11.6 Å². The summed E-state index contributed by atoms with van der Waals surface area (Å²) in [5.41, 5.74) is 6.94. The maximum atomic E-state index is 12.7. The molecule has 0 aliphatic heterocycles. The van der Waals surface area contributed by atoms with Crippen LogP contribution in [-0.4, -0.2) is 23.4 Å². The number of nitrogens with one attached hydrogen (secondary N) is 1. The fourth-order valence-corrected chi connectivity index (χ4v) is 2.98. The van der Waals surface area contributed by atoms with Gasteiger partial charge in [0.2, 0.25) is 11.8 Å². The Morgan fingerprint density at radius 3 is 2.36 bits per heavy atom. The Morgan fingerprint density at radius 1 is 1.04 bits per heavy atom. The van der Waals surface area contributed by atoms with Crippen molar-refractivity contribution >= 4 is 23.4 Å². The molecule has 0 bridgehead atoms. The molecule has 1 N–H and O–H groups in total. The van der Waals surface area contributed by atoms with E-state index in [1.165, 1.54) is 10.6 Å². The molecular weight excluding hydrogens is 372 g/mol. The van der Waals surface area contributed by atoms with Crippen molar-refractivity contribution in [1.29, 1.82) is 0 Å². The molecule has 0 aliphatic rings. The largest absolute Gasteiger partial charge is 0.273 e. The summed E-state index contributed by atoms with van der Waals surface area (Å²) in [6.07, 6.45) is 3.02. The molecular formula is C23H29ClN2O2. The molecule has 28 heavy (non-hydrogen) atoms. The number of carbonyl (C=O) groups is 2. The van der Waals surface area contributed by atoms with E-state index in [2.05, 4.69) is 12.3 Å². The van der Waals surface area contributed by atoms with Gasteiger partial charge >= 0.3 is 0 Å². The SMILES string of the molecule is CCCCN(NC(=O)CCc1ccc(C)cc1)C(=O)Cc1ccc(Cl)c(C)c1. The van der Waals surface area contributed by atoms with Crippen LogP contribution in [0.4, 0.5) is 0 Å². The minimum Gasteiger partial charge on any atom is -0.273 e. The first-order chi connectivity index (χ1) is 13.4. The van der Waals surface area contributed by atoms with E-state index in [0.717, 1.165) is 29.5 Å². The fourth-order valence-electron chi connectivity index (χ4n) is 2.87. The second kappa shape index (κ2) is 10.9. The van der Waals surface area contributed by atoms with Crippen molar-refractivity contribution in [3.8, 4) is 0 Å². The van der Waals surface area contributed by atoms with Crippen LogP contribution in [0.25, 0.3) is 0 Å². The highest BCUT2D eigenvalue weighted by atomic mass is 35.5. The number of hydrazine groups is 1. The maximum Gasteiger partial charge on any atom is 0.245 e. The van der Waals surface area contributed by atoms with Crippen LogP contribution in [0.5, 0.6) is 0 Å². The van der Waals surface area contributed by atoms with E-state index < -0.39 is 0 Å². The first-order valence-electron chi connectivity index (χ1n) is 9.79. The first kappa shape index (κ1) is 22.0. The van der Waals surface area contributed by atoms with Crippen molar-refractivity contribution in [2.75, 3.05) is 6.54 Å². The molecule has 0 radical (unpaired) electrons. The predicted molar refractivity (Wildman–Crippen MR) is 114 cm³/mol. The number of nitrogens with zero attached hydrogens (tertiary/aromatic N) is 1. The van der Waals surface area contributed by atoms with E-state index in [1.807, 2.05) is 50.2 Å². The number of amides is 2. The molecule has 2 rings (SSSR count). The highest BCUT2D eigenvalue weighted by Gasteiger charge is 2.16. The lowest BCUT2D eigenvalue weighted by atomic mass is 10.1. The Kier molecular flexibility index (Phi) is 8.52. The quantitative estimate of drug-likeness (QED) is 0.647. The molecule has 0 aliphatic carbocycles. The number of aryl methyl sites for hydroxylation is 3. The van der Waals surface area contributed by atoms with E-state index in [1.54, 1.807) is 6.07 Å². The molecule has 2 aromatic carbocycles. The van der Waals surface area contributed by atoms with Crippen LogP contribution in [0.15, 0.2) is 42.5 Å². The van der Waals surface area contributed by atoms with Gasteiger partial charge in [0.1, 0.15) is 0 Å². The summed E-state index contributed by atoms with van der Waals surface area (Å²) >= 11 is 6.06.